The summed E-state index contributed by atoms with van der Waals surface area (Å²) in [6, 6.07) is 8.23. The second-order valence-corrected chi connectivity index (χ2v) is 7.93. The van der Waals surface area contributed by atoms with Gasteiger partial charge >= 0.3 is 0 Å². The molecule has 1 aliphatic heterocycles. The average Bonchev–Trinajstić information content (AvgIpc) is 2.86. The fourth-order valence-electron chi connectivity index (χ4n) is 2.83. The zero-order valence-electron chi connectivity index (χ0n) is 12.7. The largest absolute Gasteiger partial charge is 0.378 e. The van der Waals surface area contributed by atoms with E-state index in [1.165, 1.54) is 0 Å². The second kappa shape index (κ2) is 6.28. The Labute approximate surface area is 126 Å². The van der Waals surface area contributed by atoms with Gasteiger partial charge < -0.3 is 4.74 Å². The zero-order valence-corrected chi connectivity index (χ0v) is 13.5. The van der Waals surface area contributed by atoms with Crippen molar-refractivity contribution in [1.29, 1.82) is 0 Å². The first-order valence-electron chi connectivity index (χ1n) is 7.30. The van der Waals surface area contributed by atoms with Crippen molar-refractivity contribution >= 4 is 15.6 Å². The first-order chi connectivity index (χ1) is 9.85. The van der Waals surface area contributed by atoms with Crippen LogP contribution in [0.15, 0.2) is 35.2 Å². The van der Waals surface area contributed by atoms with Gasteiger partial charge in [0.1, 0.15) is 5.25 Å². The van der Waals surface area contributed by atoms with Crippen LogP contribution in [0.2, 0.25) is 0 Å². The Kier molecular flexibility index (Phi) is 4.84. The highest BCUT2D eigenvalue weighted by molar-refractivity contribution is 7.92. The SMILES string of the molecule is CC(C)C(=O)[C@H]([C@H]1CCO[C@H]1C)S(=O)(=O)c1ccccc1. The molecular weight excluding hydrogens is 288 g/mol. The summed E-state index contributed by atoms with van der Waals surface area (Å²) in [5.41, 5.74) is 0. The molecule has 21 heavy (non-hydrogen) atoms. The van der Waals surface area contributed by atoms with Gasteiger partial charge in [0.15, 0.2) is 15.6 Å². The van der Waals surface area contributed by atoms with Gasteiger partial charge in [-0.25, -0.2) is 8.42 Å². The third kappa shape index (κ3) is 3.19. The number of sulfone groups is 1. The molecular formula is C16H22O4S. The molecule has 1 heterocycles. The lowest BCUT2D eigenvalue weighted by molar-refractivity contribution is -0.122. The van der Waals surface area contributed by atoms with Gasteiger partial charge in [-0.05, 0) is 25.5 Å². The molecule has 0 spiro atoms. The second-order valence-electron chi connectivity index (χ2n) is 5.86. The summed E-state index contributed by atoms with van der Waals surface area (Å²) < 4.78 is 31.4. The van der Waals surface area contributed by atoms with E-state index < -0.39 is 15.1 Å². The van der Waals surface area contributed by atoms with Crippen molar-refractivity contribution in [2.45, 2.75) is 43.4 Å². The fourth-order valence-corrected chi connectivity index (χ4v) is 5.05. The highest BCUT2D eigenvalue weighted by Crippen LogP contribution is 2.33. The molecule has 0 bridgehead atoms. The monoisotopic (exact) mass is 310 g/mol. The lowest BCUT2D eigenvalue weighted by Gasteiger charge is -2.26. The Morgan fingerprint density at radius 1 is 1.24 bits per heavy atom. The van der Waals surface area contributed by atoms with Crippen LogP contribution in [0.1, 0.15) is 27.2 Å². The molecule has 0 N–H and O–H groups in total. The molecule has 1 fully saturated rings. The molecule has 116 valence electrons. The molecule has 5 heteroatoms. The Morgan fingerprint density at radius 3 is 2.33 bits per heavy atom. The van der Waals surface area contributed by atoms with Crippen molar-refractivity contribution < 1.29 is 17.9 Å². The highest BCUT2D eigenvalue weighted by atomic mass is 32.2. The van der Waals surface area contributed by atoms with Gasteiger partial charge in [-0.3, -0.25) is 4.79 Å². The molecule has 2 rings (SSSR count). The number of benzene rings is 1. The summed E-state index contributed by atoms with van der Waals surface area (Å²) in [4.78, 5) is 12.8. The van der Waals surface area contributed by atoms with Gasteiger partial charge in [-0.15, -0.1) is 0 Å². The molecule has 0 aliphatic carbocycles. The number of rotatable bonds is 5. The van der Waals surface area contributed by atoms with E-state index in [-0.39, 0.29) is 28.6 Å². The minimum atomic E-state index is -3.69. The molecule has 0 aromatic heterocycles. The summed E-state index contributed by atoms with van der Waals surface area (Å²) in [6.07, 6.45) is 0.396. The number of hydrogen-bond donors (Lipinski definition) is 0. The van der Waals surface area contributed by atoms with Crippen LogP contribution in [-0.4, -0.2) is 32.2 Å². The van der Waals surface area contributed by atoms with Crippen molar-refractivity contribution in [3.63, 3.8) is 0 Å². The minimum Gasteiger partial charge on any atom is -0.378 e. The van der Waals surface area contributed by atoms with Crippen molar-refractivity contribution in [2.75, 3.05) is 6.61 Å². The van der Waals surface area contributed by atoms with E-state index in [9.17, 15) is 13.2 Å². The lowest BCUT2D eigenvalue weighted by Crippen LogP contribution is -2.42. The Hall–Kier alpha value is -1.20. The molecule has 0 saturated carbocycles. The Morgan fingerprint density at radius 2 is 1.86 bits per heavy atom. The number of hydrogen-bond acceptors (Lipinski definition) is 4. The minimum absolute atomic E-state index is 0.211. The number of ether oxygens (including phenoxy) is 1. The number of carbonyl (C=O) groups excluding carboxylic acids is 1. The van der Waals surface area contributed by atoms with Crippen LogP contribution in [0.3, 0.4) is 0 Å². The summed E-state index contributed by atoms with van der Waals surface area (Å²) in [5.74, 6) is -0.812. The standard InChI is InChI=1S/C16H22O4S/c1-11(2)15(17)16(14-9-10-20-12(14)3)21(18,19)13-7-5-4-6-8-13/h4-8,11-12,14,16H,9-10H2,1-3H3/t12-,14-,16-/m0/s1. The summed E-state index contributed by atoms with van der Waals surface area (Å²) in [7, 11) is -3.69. The Balaban J connectivity index is 2.47. The zero-order chi connectivity index (χ0) is 15.6. The molecule has 3 atom stereocenters. The lowest BCUT2D eigenvalue weighted by atomic mass is 9.91. The van der Waals surface area contributed by atoms with Crippen molar-refractivity contribution in [3.8, 4) is 0 Å². The van der Waals surface area contributed by atoms with Crippen LogP contribution in [0, 0.1) is 11.8 Å². The first kappa shape index (κ1) is 16.2. The van der Waals surface area contributed by atoms with Crippen LogP contribution in [0.4, 0.5) is 0 Å². The molecule has 0 unspecified atom stereocenters. The van der Waals surface area contributed by atoms with Gasteiger partial charge in [0, 0.05) is 18.4 Å². The summed E-state index contributed by atoms with van der Waals surface area (Å²) in [6.45, 7) is 5.85. The van der Waals surface area contributed by atoms with Gasteiger partial charge in [0.05, 0.1) is 11.0 Å². The third-order valence-electron chi connectivity index (χ3n) is 4.08. The maximum absolute atomic E-state index is 12.9. The fraction of sp³-hybridized carbons (Fsp3) is 0.562. The molecule has 0 amide bonds. The van der Waals surface area contributed by atoms with E-state index in [4.69, 9.17) is 4.74 Å². The van der Waals surface area contributed by atoms with Crippen molar-refractivity contribution in [1.82, 2.24) is 0 Å². The molecule has 1 aliphatic rings. The third-order valence-corrected chi connectivity index (χ3v) is 6.26. The van der Waals surface area contributed by atoms with Crippen LogP contribution in [0.5, 0.6) is 0 Å². The van der Waals surface area contributed by atoms with E-state index in [0.717, 1.165) is 0 Å². The van der Waals surface area contributed by atoms with Gasteiger partial charge in [0.25, 0.3) is 0 Å². The van der Waals surface area contributed by atoms with E-state index in [1.807, 2.05) is 6.92 Å². The molecule has 0 radical (unpaired) electrons. The number of carbonyl (C=O) groups is 1. The average molecular weight is 310 g/mol. The molecule has 4 nitrogen and oxygen atoms in total. The van der Waals surface area contributed by atoms with Crippen molar-refractivity contribution in [2.24, 2.45) is 11.8 Å². The topological polar surface area (TPSA) is 60.4 Å². The van der Waals surface area contributed by atoms with Gasteiger partial charge in [0.2, 0.25) is 0 Å². The predicted molar refractivity (Wildman–Crippen MR) is 80.8 cm³/mol. The van der Waals surface area contributed by atoms with Crippen LogP contribution >= 0.6 is 0 Å². The number of ketones is 1. The normalized spacial score (nSPS) is 24.2. The van der Waals surface area contributed by atoms with Crippen LogP contribution in [-0.2, 0) is 19.4 Å². The van der Waals surface area contributed by atoms with Gasteiger partial charge in [-0.2, -0.15) is 0 Å². The van der Waals surface area contributed by atoms with Crippen molar-refractivity contribution in [3.05, 3.63) is 30.3 Å². The molecule has 1 aromatic carbocycles. The smallest absolute Gasteiger partial charge is 0.188 e. The quantitative estimate of drug-likeness (QED) is 0.838. The molecule has 1 aromatic rings. The first-order valence-corrected chi connectivity index (χ1v) is 8.84. The predicted octanol–water partition coefficient (Wildman–Crippen LogP) is 2.48. The maximum Gasteiger partial charge on any atom is 0.188 e. The van der Waals surface area contributed by atoms with E-state index in [1.54, 1.807) is 44.2 Å². The van der Waals surface area contributed by atoms with Crippen LogP contribution in [0.25, 0.3) is 0 Å². The van der Waals surface area contributed by atoms with E-state index in [2.05, 4.69) is 0 Å². The molecule has 1 saturated heterocycles. The van der Waals surface area contributed by atoms with Gasteiger partial charge in [-0.1, -0.05) is 32.0 Å². The summed E-state index contributed by atoms with van der Waals surface area (Å²) >= 11 is 0. The Bertz CT molecular complexity index is 592. The van der Waals surface area contributed by atoms with E-state index in [0.29, 0.717) is 13.0 Å². The van der Waals surface area contributed by atoms with E-state index >= 15 is 0 Å². The maximum atomic E-state index is 12.9. The number of Topliss-reactive ketones (excluding diaryl/α,β-unsaturated/α-hetero) is 1. The summed E-state index contributed by atoms with van der Waals surface area (Å²) in [5, 5.41) is -1.02. The van der Waals surface area contributed by atoms with Crippen LogP contribution < -0.4 is 0 Å². The highest BCUT2D eigenvalue weighted by Gasteiger charge is 2.45.